The lowest BCUT2D eigenvalue weighted by molar-refractivity contribution is -0.0223. The number of ketones is 1. The predicted octanol–water partition coefficient (Wildman–Crippen LogP) is 4.82. The maximum absolute atomic E-state index is 15.0. The first kappa shape index (κ1) is 22.9. The molecule has 1 fully saturated rings. The van der Waals surface area contributed by atoms with Gasteiger partial charge in [-0.2, -0.15) is 0 Å². The maximum atomic E-state index is 15.0. The molecule has 0 radical (unpaired) electrons. The van der Waals surface area contributed by atoms with Gasteiger partial charge in [-0.25, -0.2) is 13.8 Å². The molecule has 0 saturated carbocycles. The van der Waals surface area contributed by atoms with Gasteiger partial charge in [0.2, 0.25) is 5.78 Å². The molecule has 2 atom stereocenters. The largest absolute Gasteiger partial charge is 0.457 e. The SMILES string of the molecule is O=C(c1c(F)cc(Oc2ccccc2)cc1F)c1c[nH]c2nccc(N[C@@H]3CC[C@@H](CO)OC3)c12. The lowest BCUT2D eigenvalue weighted by atomic mass is 10.0. The van der Waals surface area contributed by atoms with Crippen LogP contribution in [0.2, 0.25) is 0 Å². The molecular formula is C26H23F2N3O4. The van der Waals surface area contributed by atoms with Crippen molar-refractivity contribution in [1.82, 2.24) is 9.97 Å². The van der Waals surface area contributed by atoms with Gasteiger partial charge in [0.25, 0.3) is 0 Å². The molecule has 2 aromatic carbocycles. The molecule has 4 aromatic rings. The summed E-state index contributed by atoms with van der Waals surface area (Å²) in [6.45, 7) is 0.351. The van der Waals surface area contributed by atoms with Crippen molar-refractivity contribution in [3.63, 3.8) is 0 Å². The van der Waals surface area contributed by atoms with E-state index in [0.29, 0.717) is 35.5 Å². The first-order valence-electron chi connectivity index (χ1n) is 11.2. The fraction of sp³-hybridized carbons (Fsp3) is 0.231. The first-order chi connectivity index (χ1) is 17.0. The van der Waals surface area contributed by atoms with E-state index in [2.05, 4.69) is 15.3 Å². The highest BCUT2D eigenvalue weighted by Gasteiger charge is 2.26. The molecule has 0 aliphatic carbocycles. The summed E-state index contributed by atoms with van der Waals surface area (Å²) < 4.78 is 41.1. The predicted molar refractivity (Wildman–Crippen MR) is 126 cm³/mol. The van der Waals surface area contributed by atoms with Crippen LogP contribution < -0.4 is 10.1 Å². The van der Waals surface area contributed by atoms with Crippen molar-refractivity contribution in [2.24, 2.45) is 0 Å². The van der Waals surface area contributed by atoms with Gasteiger partial charge >= 0.3 is 0 Å². The van der Waals surface area contributed by atoms with Crippen LogP contribution >= 0.6 is 0 Å². The molecule has 0 amide bonds. The maximum Gasteiger partial charge on any atom is 0.201 e. The molecule has 3 heterocycles. The smallest absolute Gasteiger partial charge is 0.201 e. The second kappa shape index (κ2) is 9.81. The molecule has 3 N–H and O–H groups in total. The van der Waals surface area contributed by atoms with Crippen molar-refractivity contribution in [1.29, 1.82) is 0 Å². The third kappa shape index (κ3) is 4.73. The summed E-state index contributed by atoms with van der Waals surface area (Å²) in [5.41, 5.74) is 0.427. The third-order valence-electron chi connectivity index (χ3n) is 5.97. The molecule has 5 rings (SSSR count). The number of nitrogens with one attached hydrogen (secondary N) is 2. The van der Waals surface area contributed by atoms with Crippen molar-refractivity contribution in [2.45, 2.75) is 25.0 Å². The van der Waals surface area contributed by atoms with Gasteiger partial charge in [-0.15, -0.1) is 0 Å². The zero-order valence-corrected chi connectivity index (χ0v) is 18.6. The van der Waals surface area contributed by atoms with Gasteiger partial charge in [0.05, 0.1) is 35.8 Å². The molecule has 35 heavy (non-hydrogen) atoms. The van der Waals surface area contributed by atoms with E-state index in [1.165, 1.54) is 6.20 Å². The summed E-state index contributed by atoms with van der Waals surface area (Å²) in [7, 11) is 0. The molecule has 0 spiro atoms. The minimum atomic E-state index is -1.02. The second-order valence-electron chi connectivity index (χ2n) is 8.35. The van der Waals surface area contributed by atoms with E-state index in [-0.39, 0.29) is 30.1 Å². The summed E-state index contributed by atoms with van der Waals surface area (Å²) in [4.78, 5) is 20.5. The van der Waals surface area contributed by atoms with E-state index < -0.39 is 23.0 Å². The van der Waals surface area contributed by atoms with Gasteiger partial charge in [0.15, 0.2) is 0 Å². The molecule has 180 valence electrons. The van der Waals surface area contributed by atoms with Gasteiger partial charge in [-0.1, -0.05) is 18.2 Å². The number of hydrogen-bond acceptors (Lipinski definition) is 6. The van der Waals surface area contributed by atoms with E-state index >= 15 is 0 Å². The van der Waals surface area contributed by atoms with Gasteiger partial charge in [0, 0.05) is 36.3 Å². The number of nitrogens with zero attached hydrogens (tertiary/aromatic N) is 1. The van der Waals surface area contributed by atoms with Gasteiger partial charge < -0.3 is 24.9 Å². The number of benzene rings is 2. The molecule has 1 saturated heterocycles. The van der Waals surface area contributed by atoms with Crippen LogP contribution in [0.25, 0.3) is 11.0 Å². The molecule has 7 nitrogen and oxygen atoms in total. The van der Waals surface area contributed by atoms with Crippen LogP contribution in [-0.4, -0.2) is 46.2 Å². The van der Waals surface area contributed by atoms with Crippen molar-refractivity contribution in [3.05, 3.63) is 83.7 Å². The van der Waals surface area contributed by atoms with Crippen LogP contribution in [0, 0.1) is 11.6 Å². The van der Waals surface area contributed by atoms with E-state index in [1.54, 1.807) is 42.6 Å². The van der Waals surface area contributed by atoms with E-state index in [9.17, 15) is 18.7 Å². The lowest BCUT2D eigenvalue weighted by Gasteiger charge is -2.29. The molecule has 9 heteroatoms. The van der Waals surface area contributed by atoms with E-state index in [0.717, 1.165) is 18.6 Å². The topological polar surface area (TPSA) is 96.5 Å². The average Bonchev–Trinajstić information content (AvgIpc) is 3.30. The number of fused-ring (bicyclic) bond motifs is 1. The van der Waals surface area contributed by atoms with E-state index in [4.69, 9.17) is 9.47 Å². The Kier molecular flexibility index (Phi) is 6.43. The Bertz CT molecular complexity index is 1330. The lowest BCUT2D eigenvalue weighted by Crippen LogP contribution is -2.36. The molecule has 1 aliphatic rings. The van der Waals surface area contributed by atoms with Crippen LogP contribution in [0.15, 0.2) is 60.9 Å². The summed E-state index contributed by atoms with van der Waals surface area (Å²) in [5.74, 6) is -2.49. The van der Waals surface area contributed by atoms with Crippen molar-refractivity contribution in [3.8, 4) is 11.5 Å². The Morgan fingerprint density at radius 1 is 1.14 bits per heavy atom. The average molecular weight is 479 g/mol. The number of rotatable bonds is 7. The fourth-order valence-corrected chi connectivity index (χ4v) is 4.22. The highest BCUT2D eigenvalue weighted by Crippen LogP contribution is 2.32. The number of hydrogen-bond donors (Lipinski definition) is 3. The Labute approximate surface area is 199 Å². The molecule has 0 unspecified atom stereocenters. The number of H-pyrrole nitrogens is 1. The number of pyridine rings is 1. The zero-order valence-electron chi connectivity index (χ0n) is 18.6. The summed E-state index contributed by atoms with van der Waals surface area (Å²) in [5, 5.41) is 13.0. The summed E-state index contributed by atoms with van der Waals surface area (Å²) >= 11 is 0. The number of aromatic nitrogens is 2. The zero-order chi connectivity index (χ0) is 24.4. The Balaban J connectivity index is 1.44. The van der Waals surface area contributed by atoms with Crippen LogP contribution in [0.1, 0.15) is 28.8 Å². The standard InChI is InChI=1S/C26H23F2N3O4/c27-20-10-18(35-16-4-2-1-3-5-16)11-21(28)24(20)25(33)19-12-30-26-23(19)22(8-9-29-26)31-15-6-7-17(13-32)34-14-15/h1-5,8-12,15,17,32H,6-7,13-14H2,(H2,29,30,31)/t15-,17+/m1/s1. The van der Waals surface area contributed by atoms with Crippen LogP contribution in [0.5, 0.6) is 11.5 Å². The molecule has 2 aromatic heterocycles. The quantitative estimate of drug-likeness (QED) is 0.329. The van der Waals surface area contributed by atoms with Crippen LogP contribution in [0.4, 0.5) is 14.5 Å². The van der Waals surface area contributed by atoms with Crippen molar-refractivity contribution >= 4 is 22.5 Å². The number of halogens is 2. The Morgan fingerprint density at radius 2 is 1.91 bits per heavy atom. The number of aromatic amines is 1. The highest BCUT2D eigenvalue weighted by atomic mass is 19.1. The number of aliphatic hydroxyl groups is 1. The van der Waals surface area contributed by atoms with Gasteiger partial charge in [-0.3, -0.25) is 4.79 Å². The molecular weight excluding hydrogens is 456 g/mol. The van der Waals surface area contributed by atoms with Crippen molar-refractivity contribution in [2.75, 3.05) is 18.5 Å². The fourth-order valence-electron chi connectivity index (χ4n) is 4.22. The van der Waals surface area contributed by atoms with Crippen molar-refractivity contribution < 1.29 is 28.2 Å². The summed E-state index contributed by atoms with van der Waals surface area (Å²) in [6.07, 6.45) is 4.24. The minimum Gasteiger partial charge on any atom is -0.457 e. The number of ether oxygens (including phenoxy) is 2. The van der Waals surface area contributed by atoms with E-state index in [1.807, 2.05) is 0 Å². The molecule has 0 bridgehead atoms. The van der Waals surface area contributed by atoms with Crippen LogP contribution in [0.3, 0.4) is 0 Å². The number of aliphatic hydroxyl groups excluding tert-OH is 1. The number of carbonyl (C=O) groups is 1. The first-order valence-corrected chi connectivity index (χ1v) is 11.2. The monoisotopic (exact) mass is 479 g/mol. The van der Waals surface area contributed by atoms with Gasteiger partial charge in [0.1, 0.15) is 28.8 Å². The summed E-state index contributed by atoms with van der Waals surface area (Å²) in [6, 6.07) is 12.2. The Hall–Kier alpha value is -3.82. The number of anilines is 1. The number of para-hydroxylation sites is 1. The van der Waals surface area contributed by atoms with Crippen LogP contribution in [-0.2, 0) is 4.74 Å². The van der Waals surface area contributed by atoms with Gasteiger partial charge in [-0.05, 0) is 31.0 Å². The highest BCUT2D eigenvalue weighted by molar-refractivity contribution is 6.18. The molecule has 1 aliphatic heterocycles. The second-order valence-corrected chi connectivity index (χ2v) is 8.35. The third-order valence-corrected chi connectivity index (χ3v) is 5.97. The number of carbonyl (C=O) groups excluding carboxylic acids is 1. The normalized spacial score (nSPS) is 17.9. The minimum absolute atomic E-state index is 0.0327. The Morgan fingerprint density at radius 3 is 2.60 bits per heavy atom.